The number of nitrogens with one attached hydrogen (secondary N) is 1. The van der Waals surface area contributed by atoms with Gasteiger partial charge in [0, 0.05) is 18.0 Å². The van der Waals surface area contributed by atoms with Crippen molar-refractivity contribution >= 4 is 23.7 Å². The molecule has 8 nitrogen and oxygen atoms in total. The quantitative estimate of drug-likeness (QED) is 0.579. The minimum atomic E-state index is -0.871. The van der Waals surface area contributed by atoms with Gasteiger partial charge in [0.1, 0.15) is 0 Å². The molecule has 0 bridgehead atoms. The Balaban J connectivity index is 1.98. The molecular formula is C20H22N6O2S. The van der Waals surface area contributed by atoms with Gasteiger partial charge in [-0.05, 0) is 23.6 Å². The van der Waals surface area contributed by atoms with Gasteiger partial charge in [0.05, 0.1) is 11.8 Å². The lowest BCUT2D eigenvalue weighted by atomic mass is 10.1. The molecule has 1 atom stereocenters. The maximum Gasteiger partial charge on any atom is 0.318 e. The molecule has 2 aromatic heterocycles. The minimum absolute atomic E-state index is 0.0504. The molecule has 2 heterocycles. The normalized spacial score (nSPS) is 12.0. The zero-order chi connectivity index (χ0) is 20.8. The van der Waals surface area contributed by atoms with Crippen LogP contribution in [0.15, 0.2) is 60.0 Å². The molecule has 3 amide bonds. The van der Waals surface area contributed by atoms with Gasteiger partial charge in [-0.2, -0.15) is 0 Å². The standard InChI is InChI=1S/C20H22N6O2S/c1-13(2)16(18(27)23-19(21)28)29-20-25-24-17(15-8-10-22-11-9-15)26(20)12-14-6-4-3-5-7-14/h3-11,13,16H,12H2,1-2H3,(H3,21,23,27,28)/t16-/m0/s1. The highest BCUT2D eigenvalue weighted by Gasteiger charge is 2.28. The van der Waals surface area contributed by atoms with Crippen LogP contribution in [-0.4, -0.2) is 36.9 Å². The molecule has 9 heteroatoms. The number of nitrogens with two attached hydrogens (primary N) is 1. The van der Waals surface area contributed by atoms with Crippen LogP contribution in [0.4, 0.5) is 4.79 Å². The van der Waals surface area contributed by atoms with Crippen molar-refractivity contribution in [2.75, 3.05) is 0 Å². The summed E-state index contributed by atoms with van der Waals surface area (Å²) in [4.78, 5) is 27.6. The Hall–Kier alpha value is -3.20. The van der Waals surface area contributed by atoms with E-state index in [2.05, 4.69) is 20.5 Å². The van der Waals surface area contributed by atoms with E-state index >= 15 is 0 Å². The largest absolute Gasteiger partial charge is 0.351 e. The van der Waals surface area contributed by atoms with E-state index in [1.165, 1.54) is 11.8 Å². The summed E-state index contributed by atoms with van der Waals surface area (Å²) < 4.78 is 1.96. The molecule has 150 valence electrons. The summed E-state index contributed by atoms with van der Waals surface area (Å²) in [5.74, 6) is 0.180. The summed E-state index contributed by atoms with van der Waals surface area (Å²) in [5.41, 5.74) is 7.07. The van der Waals surface area contributed by atoms with E-state index in [4.69, 9.17) is 5.73 Å². The van der Waals surface area contributed by atoms with Crippen molar-refractivity contribution in [3.63, 3.8) is 0 Å². The first kappa shape index (κ1) is 20.5. The van der Waals surface area contributed by atoms with E-state index in [0.717, 1.165) is 11.1 Å². The highest BCUT2D eigenvalue weighted by Crippen LogP contribution is 2.30. The van der Waals surface area contributed by atoms with Crippen LogP contribution in [-0.2, 0) is 11.3 Å². The third kappa shape index (κ3) is 5.20. The van der Waals surface area contributed by atoms with Gasteiger partial charge in [0.2, 0.25) is 5.91 Å². The van der Waals surface area contributed by atoms with Crippen LogP contribution in [0, 0.1) is 5.92 Å². The summed E-state index contributed by atoms with van der Waals surface area (Å²) >= 11 is 1.26. The van der Waals surface area contributed by atoms with Crippen LogP contribution in [0.25, 0.3) is 11.4 Å². The Morgan fingerprint density at radius 2 is 1.79 bits per heavy atom. The summed E-state index contributed by atoms with van der Waals surface area (Å²) in [6.45, 7) is 4.34. The molecule has 0 unspecified atom stereocenters. The molecule has 0 spiro atoms. The van der Waals surface area contributed by atoms with Gasteiger partial charge in [-0.25, -0.2) is 4.79 Å². The fourth-order valence-electron chi connectivity index (χ4n) is 2.80. The van der Waals surface area contributed by atoms with Gasteiger partial charge < -0.3 is 5.73 Å². The molecule has 0 fully saturated rings. The Labute approximate surface area is 172 Å². The number of hydrogen-bond acceptors (Lipinski definition) is 6. The fourth-order valence-corrected chi connectivity index (χ4v) is 3.83. The number of carbonyl (C=O) groups excluding carboxylic acids is 2. The van der Waals surface area contributed by atoms with E-state index < -0.39 is 17.2 Å². The number of imide groups is 1. The second kappa shape index (κ2) is 9.33. The topological polar surface area (TPSA) is 116 Å². The van der Waals surface area contributed by atoms with Crippen molar-refractivity contribution in [2.24, 2.45) is 11.7 Å². The van der Waals surface area contributed by atoms with Crippen LogP contribution in [0.2, 0.25) is 0 Å². The van der Waals surface area contributed by atoms with Crippen LogP contribution in [0.5, 0.6) is 0 Å². The molecule has 3 N–H and O–H groups in total. The Kier molecular flexibility index (Phi) is 6.61. The Morgan fingerprint density at radius 3 is 2.41 bits per heavy atom. The summed E-state index contributed by atoms with van der Waals surface area (Å²) in [5, 5.41) is 10.9. The van der Waals surface area contributed by atoms with E-state index in [1.54, 1.807) is 12.4 Å². The number of rotatable bonds is 7. The molecule has 3 aromatic rings. The predicted molar refractivity (Wildman–Crippen MR) is 111 cm³/mol. The maximum absolute atomic E-state index is 12.4. The molecule has 1 aromatic carbocycles. The molecular weight excluding hydrogens is 388 g/mol. The monoisotopic (exact) mass is 410 g/mol. The zero-order valence-corrected chi connectivity index (χ0v) is 17.0. The number of benzene rings is 1. The molecule has 29 heavy (non-hydrogen) atoms. The molecule has 0 saturated heterocycles. The first-order valence-corrected chi connectivity index (χ1v) is 9.98. The summed E-state index contributed by atoms with van der Waals surface area (Å²) in [7, 11) is 0. The SMILES string of the molecule is CC(C)[C@H](Sc1nnc(-c2ccncc2)n1Cc1ccccc1)C(=O)NC(N)=O. The number of urea groups is 1. The average Bonchev–Trinajstić information content (AvgIpc) is 3.09. The van der Waals surface area contributed by atoms with Crippen molar-refractivity contribution in [1.82, 2.24) is 25.1 Å². The molecule has 0 aliphatic heterocycles. The van der Waals surface area contributed by atoms with Crippen LogP contribution >= 0.6 is 11.8 Å². The number of aromatic nitrogens is 4. The Bertz CT molecular complexity index is 975. The second-order valence-corrected chi connectivity index (χ2v) is 7.86. The predicted octanol–water partition coefficient (Wildman–Crippen LogP) is 2.70. The van der Waals surface area contributed by atoms with Crippen molar-refractivity contribution in [1.29, 1.82) is 0 Å². The number of pyridine rings is 1. The lowest BCUT2D eigenvalue weighted by Gasteiger charge is -2.19. The van der Waals surface area contributed by atoms with Crippen molar-refractivity contribution in [3.8, 4) is 11.4 Å². The first-order chi connectivity index (χ1) is 14.0. The van der Waals surface area contributed by atoms with Gasteiger partial charge >= 0.3 is 6.03 Å². The maximum atomic E-state index is 12.4. The third-order valence-corrected chi connectivity index (χ3v) is 5.71. The number of nitrogens with zero attached hydrogens (tertiary/aromatic N) is 4. The second-order valence-electron chi connectivity index (χ2n) is 6.75. The van der Waals surface area contributed by atoms with Crippen LogP contribution < -0.4 is 11.1 Å². The van der Waals surface area contributed by atoms with E-state index in [9.17, 15) is 9.59 Å². The number of hydrogen-bond donors (Lipinski definition) is 2. The van der Waals surface area contributed by atoms with Gasteiger partial charge in [0.15, 0.2) is 11.0 Å². The van der Waals surface area contributed by atoms with E-state index in [-0.39, 0.29) is 5.92 Å². The lowest BCUT2D eigenvalue weighted by molar-refractivity contribution is -0.120. The smallest absolute Gasteiger partial charge is 0.318 e. The van der Waals surface area contributed by atoms with Gasteiger partial charge in [-0.1, -0.05) is 55.9 Å². The molecule has 3 rings (SSSR count). The third-order valence-electron chi connectivity index (χ3n) is 4.18. The Morgan fingerprint density at radius 1 is 1.10 bits per heavy atom. The highest BCUT2D eigenvalue weighted by atomic mass is 32.2. The van der Waals surface area contributed by atoms with Crippen LogP contribution in [0.3, 0.4) is 0 Å². The zero-order valence-electron chi connectivity index (χ0n) is 16.1. The summed E-state index contributed by atoms with van der Waals surface area (Å²) in [6, 6.07) is 12.8. The molecule has 0 saturated carbocycles. The minimum Gasteiger partial charge on any atom is -0.351 e. The fraction of sp³-hybridized carbons (Fsp3) is 0.250. The number of primary amides is 1. The van der Waals surface area contributed by atoms with Gasteiger partial charge in [-0.15, -0.1) is 10.2 Å². The number of thioether (sulfide) groups is 1. The molecule has 0 radical (unpaired) electrons. The van der Waals surface area contributed by atoms with Crippen molar-refractivity contribution < 1.29 is 9.59 Å². The number of carbonyl (C=O) groups is 2. The highest BCUT2D eigenvalue weighted by molar-refractivity contribution is 8.00. The summed E-state index contributed by atoms with van der Waals surface area (Å²) in [6.07, 6.45) is 3.39. The lowest BCUT2D eigenvalue weighted by Crippen LogP contribution is -2.42. The average molecular weight is 411 g/mol. The van der Waals surface area contributed by atoms with Gasteiger partial charge in [0.25, 0.3) is 0 Å². The van der Waals surface area contributed by atoms with Crippen LogP contribution in [0.1, 0.15) is 19.4 Å². The molecule has 0 aliphatic rings. The number of amides is 3. The van der Waals surface area contributed by atoms with Crippen molar-refractivity contribution in [2.45, 2.75) is 30.8 Å². The first-order valence-electron chi connectivity index (χ1n) is 9.10. The van der Waals surface area contributed by atoms with Crippen molar-refractivity contribution in [3.05, 3.63) is 60.4 Å². The van der Waals surface area contributed by atoms with Gasteiger partial charge in [-0.3, -0.25) is 19.7 Å². The van der Waals surface area contributed by atoms with E-state index in [0.29, 0.717) is 17.5 Å². The van der Waals surface area contributed by atoms with E-state index in [1.807, 2.05) is 60.9 Å². The molecule has 0 aliphatic carbocycles.